The molecule has 0 amide bonds. The van der Waals surface area contributed by atoms with Gasteiger partial charge in [-0.2, -0.15) is 0 Å². The Morgan fingerprint density at radius 2 is 2.25 bits per heavy atom. The maximum Gasteiger partial charge on any atom is 0.272 e. The number of hydrogen-bond donors (Lipinski definition) is 1. The number of nitro benzene ring substituents is 1. The van der Waals surface area contributed by atoms with Crippen LogP contribution in [0.15, 0.2) is 34.9 Å². The van der Waals surface area contributed by atoms with E-state index in [4.69, 9.17) is 11.6 Å². The highest BCUT2D eigenvalue weighted by Gasteiger charge is 2.13. The Kier molecular flexibility index (Phi) is 4.57. The van der Waals surface area contributed by atoms with E-state index in [1.807, 2.05) is 6.07 Å². The van der Waals surface area contributed by atoms with Gasteiger partial charge in [0, 0.05) is 24.4 Å². The van der Waals surface area contributed by atoms with Gasteiger partial charge in [0.1, 0.15) is 5.82 Å². The molecule has 0 unspecified atom stereocenters. The molecule has 0 bridgehead atoms. The molecule has 0 radical (unpaired) electrons. The summed E-state index contributed by atoms with van der Waals surface area (Å²) < 4.78 is 0.744. The van der Waals surface area contributed by atoms with Gasteiger partial charge < -0.3 is 5.32 Å². The number of halogens is 2. The van der Waals surface area contributed by atoms with Gasteiger partial charge >= 0.3 is 0 Å². The Morgan fingerprint density at radius 3 is 2.90 bits per heavy atom. The van der Waals surface area contributed by atoms with E-state index in [-0.39, 0.29) is 10.6 Å². The lowest BCUT2D eigenvalue weighted by Crippen LogP contribution is -2.05. The first-order valence-corrected chi connectivity index (χ1v) is 6.94. The van der Waals surface area contributed by atoms with Crippen molar-refractivity contribution >= 4 is 39.0 Å². The van der Waals surface area contributed by atoms with Crippen LogP contribution < -0.4 is 5.32 Å². The van der Waals surface area contributed by atoms with Crippen molar-refractivity contribution < 1.29 is 4.92 Å². The fraction of sp³-hybridized carbons (Fsp3) is 0.154. The first-order valence-electron chi connectivity index (χ1n) is 5.77. The molecule has 1 aromatic carbocycles. The summed E-state index contributed by atoms with van der Waals surface area (Å²) in [5.74, 6) is 0.639. The molecule has 5 nitrogen and oxygen atoms in total. The largest absolute Gasteiger partial charge is 0.365 e. The van der Waals surface area contributed by atoms with Crippen molar-refractivity contribution in [3.05, 3.63) is 61.2 Å². The van der Waals surface area contributed by atoms with Gasteiger partial charge in [0.25, 0.3) is 5.69 Å². The molecule has 0 aliphatic carbocycles. The van der Waals surface area contributed by atoms with Gasteiger partial charge in [-0.3, -0.25) is 10.1 Å². The van der Waals surface area contributed by atoms with Gasteiger partial charge in [-0.15, -0.1) is 0 Å². The minimum Gasteiger partial charge on any atom is -0.365 e. The van der Waals surface area contributed by atoms with Crippen LogP contribution in [0.5, 0.6) is 0 Å². The number of pyridine rings is 1. The van der Waals surface area contributed by atoms with E-state index in [0.29, 0.717) is 22.9 Å². The van der Waals surface area contributed by atoms with Gasteiger partial charge in [0.15, 0.2) is 0 Å². The van der Waals surface area contributed by atoms with Crippen molar-refractivity contribution in [1.29, 1.82) is 0 Å². The molecule has 1 N–H and O–H groups in total. The molecule has 0 saturated carbocycles. The van der Waals surface area contributed by atoms with E-state index in [0.717, 1.165) is 10.0 Å². The first kappa shape index (κ1) is 14.7. The summed E-state index contributed by atoms with van der Waals surface area (Å²) in [4.78, 5) is 14.7. The summed E-state index contributed by atoms with van der Waals surface area (Å²) in [7, 11) is 0. The predicted octanol–water partition coefficient (Wildman–Crippen LogP) is 4.33. The number of nitrogens with zero attached hydrogens (tertiary/aromatic N) is 2. The van der Waals surface area contributed by atoms with Gasteiger partial charge in [-0.1, -0.05) is 23.7 Å². The summed E-state index contributed by atoms with van der Waals surface area (Å²) in [6.45, 7) is 2.18. The molecular formula is C13H11BrClN3O2. The van der Waals surface area contributed by atoms with E-state index >= 15 is 0 Å². The third-order valence-corrected chi connectivity index (χ3v) is 3.68. The molecule has 0 fully saturated rings. The lowest BCUT2D eigenvalue weighted by atomic mass is 10.1. The number of rotatable bonds is 4. The molecule has 0 aliphatic rings. The summed E-state index contributed by atoms with van der Waals surface area (Å²) in [6.07, 6.45) is 1.54. The summed E-state index contributed by atoms with van der Waals surface area (Å²) >= 11 is 9.18. The van der Waals surface area contributed by atoms with Crippen molar-refractivity contribution in [2.45, 2.75) is 13.5 Å². The van der Waals surface area contributed by atoms with Crippen molar-refractivity contribution in [1.82, 2.24) is 4.98 Å². The highest BCUT2D eigenvalue weighted by molar-refractivity contribution is 9.10. The number of hydrogen-bond acceptors (Lipinski definition) is 4. The Morgan fingerprint density at radius 1 is 1.50 bits per heavy atom. The average molecular weight is 357 g/mol. The van der Waals surface area contributed by atoms with E-state index in [1.165, 1.54) is 12.3 Å². The summed E-state index contributed by atoms with van der Waals surface area (Å²) in [6, 6.07) is 6.75. The van der Waals surface area contributed by atoms with E-state index < -0.39 is 0 Å². The number of nitrogens with one attached hydrogen (secondary N) is 1. The monoisotopic (exact) mass is 355 g/mol. The first-order chi connectivity index (χ1) is 9.49. The van der Waals surface area contributed by atoms with Crippen molar-refractivity contribution in [2.75, 3.05) is 5.32 Å². The molecule has 20 heavy (non-hydrogen) atoms. The van der Waals surface area contributed by atoms with Crippen LogP contribution in [-0.4, -0.2) is 9.91 Å². The minimum atomic E-state index is -0.380. The molecule has 104 valence electrons. The van der Waals surface area contributed by atoms with Crippen LogP contribution in [-0.2, 0) is 6.54 Å². The van der Waals surface area contributed by atoms with Crippen LogP contribution in [0, 0.1) is 17.0 Å². The number of aromatic nitrogens is 1. The maximum atomic E-state index is 10.9. The highest BCUT2D eigenvalue weighted by Crippen LogP contribution is 2.25. The third kappa shape index (κ3) is 3.26. The van der Waals surface area contributed by atoms with Crippen LogP contribution in [0.2, 0.25) is 5.02 Å². The fourth-order valence-electron chi connectivity index (χ4n) is 1.78. The molecule has 0 atom stereocenters. The standard InChI is InChI=1S/C13H11BrClN3O2/c1-8-9(3-2-4-12(8)18(19)20)6-16-13-11(14)5-10(15)7-17-13/h2-5,7H,6H2,1H3,(H,16,17). The predicted molar refractivity (Wildman–Crippen MR) is 82.1 cm³/mol. The second kappa shape index (κ2) is 6.19. The average Bonchev–Trinajstić information content (AvgIpc) is 2.39. The Balaban J connectivity index is 2.19. The van der Waals surface area contributed by atoms with Gasteiger partial charge in [-0.05, 0) is 34.5 Å². The van der Waals surface area contributed by atoms with Crippen molar-refractivity contribution in [3.8, 4) is 0 Å². The van der Waals surface area contributed by atoms with E-state index in [1.54, 1.807) is 19.1 Å². The minimum absolute atomic E-state index is 0.118. The van der Waals surface area contributed by atoms with Crippen LogP contribution in [0.1, 0.15) is 11.1 Å². The number of anilines is 1. The van der Waals surface area contributed by atoms with Gasteiger partial charge in [0.2, 0.25) is 0 Å². The van der Waals surface area contributed by atoms with Crippen LogP contribution in [0.25, 0.3) is 0 Å². The highest BCUT2D eigenvalue weighted by atomic mass is 79.9. The maximum absolute atomic E-state index is 10.9. The molecule has 0 aliphatic heterocycles. The Labute approximate surface area is 129 Å². The fourth-order valence-corrected chi connectivity index (χ4v) is 2.56. The number of nitro groups is 1. The molecule has 1 heterocycles. The molecule has 2 aromatic rings. The topological polar surface area (TPSA) is 68.1 Å². The van der Waals surface area contributed by atoms with E-state index in [2.05, 4.69) is 26.2 Å². The second-order valence-corrected chi connectivity index (χ2v) is 5.45. The zero-order chi connectivity index (χ0) is 14.7. The molecule has 2 rings (SSSR count). The van der Waals surface area contributed by atoms with Crippen LogP contribution >= 0.6 is 27.5 Å². The van der Waals surface area contributed by atoms with Gasteiger partial charge in [-0.25, -0.2) is 4.98 Å². The molecular weight excluding hydrogens is 346 g/mol. The third-order valence-electron chi connectivity index (χ3n) is 2.87. The summed E-state index contributed by atoms with van der Waals surface area (Å²) in [5.41, 5.74) is 1.62. The quantitative estimate of drug-likeness (QED) is 0.654. The smallest absolute Gasteiger partial charge is 0.272 e. The molecule has 0 saturated heterocycles. The van der Waals surface area contributed by atoms with E-state index in [9.17, 15) is 10.1 Å². The van der Waals surface area contributed by atoms with Crippen molar-refractivity contribution in [3.63, 3.8) is 0 Å². The second-order valence-electron chi connectivity index (χ2n) is 4.16. The molecule has 7 heteroatoms. The Hall–Kier alpha value is -1.66. The lowest BCUT2D eigenvalue weighted by Gasteiger charge is -2.10. The Bertz CT molecular complexity index is 664. The SMILES string of the molecule is Cc1c(CNc2ncc(Cl)cc2Br)cccc1[N+](=O)[O-]. The van der Waals surface area contributed by atoms with Crippen LogP contribution in [0.4, 0.5) is 11.5 Å². The zero-order valence-electron chi connectivity index (χ0n) is 10.6. The number of benzene rings is 1. The zero-order valence-corrected chi connectivity index (χ0v) is 12.9. The van der Waals surface area contributed by atoms with Crippen molar-refractivity contribution in [2.24, 2.45) is 0 Å². The molecule has 1 aromatic heterocycles. The lowest BCUT2D eigenvalue weighted by molar-refractivity contribution is -0.385. The van der Waals surface area contributed by atoms with Gasteiger partial charge in [0.05, 0.1) is 14.4 Å². The van der Waals surface area contributed by atoms with Crippen LogP contribution in [0.3, 0.4) is 0 Å². The normalized spacial score (nSPS) is 10.3. The summed E-state index contributed by atoms with van der Waals surface area (Å²) in [5, 5.41) is 14.6. The molecule has 0 spiro atoms.